The molecule has 0 spiro atoms. The number of aromatic amines is 1. The molecule has 2 heterocycles. The Balaban J connectivity index is 1.55. The smallest absolute Gasteiger partial charge is 0.319 e. The first-order chi connectivity index (χ1) is 14.1. The summed E-state index contributed by atoms with van der Waals surface area (Å²) in [5, 5.41) is 7.14. The highest BCUT2D eigenvalue weighted by atomic mass is 16.2. The van der Waals surface area contributed by atoms with Crippen molar-refractivity contribution in [3.05, 3.63) is 95.4 Å². The number of rotatable bonds is 5. The number of aromatic nitrogens is 2. The lowest BCUT2D eigenvalue weighted by Gasteiger charge is -2.18. The van der Waals surface area contributed by atoms with Gasteiger partial charge in [0, 0.05) is 47.6 Å². The molecule has 0 unspecified atom stereocenters. The van der Waals surface area contributed by atoms with Gasteiger partial charge in [-0.15, -0.1) is 0 Å². The fraction of sp³-hybridized carbons (Fsp3) is 0.167. The van der Waals surface area contributed by atoms with Gasteiger partial charge in [0.05, 0.1) is 0 Å². The van der Waals surface area contributed by atoms with E-state index >= 15 is 0 Å². The molecule has 0 fully saturated rings. The molecule has 1 atom stereocenters. The molecule has 5 nitrogen and oxygen atoms in total. The fourth-order valence-corrected chi connectivity index (χ4v) is 3.69. The number of H-pyrrole nitrogens is 1. The summed E-state index contributed by atoms with van der Waals surface area (Å²) >= 11 is 0. The highest BCUT2D eigenvalue weighted by Gasteiger charge is 2.19. The number of aryl methyl sites for hydroxylation is 2. The average Bonchev–Trinajstić information content (AvgIpc) is 3.15. The molecular weight excluding hydrogens is 360 g/mol. The molecule has 2 aromatic carbocycles. The van der Waals surface area contributed by atoms with E-state index in [0.29, 0.717) is 6.54 Å². The van der Waals surface area contributed by atoms with Gasteiger partial charge < -0.3 is 15.6 Å². The number of carbonyl (C=O) groups excluding carboxylic acids is 1. The molecule has 0 aliphatic carbocycles. The molecule has 5 heteroatoms. The third-order valence-corrected chi connectivity index (χ3v) is 5.18. The minimum absolute atomic E-state index is 0.00952. The van der Waals surface area contributed by atoms with E-state index < -0.39 is 0 Å². The van der Waals surface area contributed by atoms with E-state index in [1.54, 1.807) is 6.20 Å². The van der Waals surface area contributed by atoms with Crippen molar-refractivity contribution < 1.29 is 4.79 Å². The van der Waals surface area contributed by atoms with Crippen molar-refractivity contribution in [1.82, 2.24) is 15.3 Å². The number of nitrogens with one attached hydrogen (secondary N) is 3. The molecule has 4 aromatic rings. The summed E-state index contributed by atoms with van der Waals surface area (Å²) in [4.78, 5) is 20.2. The number of nitrogens with zero attached hydrogens (tertiary/aromatic N) is 1. The normalized spacial score (nSPS) is 11.9. The number of urea groups is 1. The first kappa shape index (κ1) is 18.7. The zero-order chi connectivity index (χ0) is 20.2. The molecule has 146 valence electrons. The second kappa shape index (κ2) is 8.19. The molecule has 0 bridgehead atoms. The summed E-state index contributed by atoms with van der Waals surface area (Å²) in [7, 11) is 0. The molecule has 3 N–H and O–H groups in total. The van der Waals surface area contributed by atoms with Gasteiger partial charge in [0.1, 0.15) is 0 Å². The number of pyridine rings is 1. The van der Waals surface area contributed by atoms with Crippen LogP contribution in [0.2, 0.25) is 0 Å². The molecular formula is C24H24N4O. The van der Waals surface area contributed by atoms with Gasteiger partial charge in [0.25, 0.3) is 0 Å². The van der Waals surface area contributed by atoms with Crippen LogP contribution in [0, 0.1) is 13.8 Å². The predicted octanol–water partition coefficient (Wildman–Crippen LogP) is 5.13. The molecule has 0 saturated carbocycles. The van der Waals surface area contributed by atoms with Crippen LogP contribution in [0.1, 0.15) is 28.2 Å². The van der Waals surface area contributed by atoms with Crippen LogP contribution < -0.4 is 10.6 Å². The Kier molecular flexibility index (Phi) is 5.29. The highest BCUT2D eigenvalue weighted by molar-refractivity contribution is 5.90. The van der Waals surface area contributed by atoms with E-state index in [1.807, 2.05) is 62.6 Å². The van der Waals surface area contributed by atoms with Gasteiger partial charge in [0.15, 0.2) is 0 Å². The average molecular weight is 384 g/mol. The summed E-state index contributed by atoms with van der Waals surface area (Å²) in [6, 6.07) is 17.9. The number of hydrogen-bond acceptors (Lipinski definition) is 2. The van der Waals surface area contributed by atoms with E-state index in [4.69, 9.17) is 0 Å². The standard InChI is InChI=1S/C24H24N4O/c1-16-9-10-22(17(2)12-16)28-24(29)27-14-20(18-6-5-11-25-13-18)21-15-26-23-8-4-3-7-19(21)23/h3-13,15,20,26H,14H2,1-2H3,(H2,27,28,29)/t20-/m1/s1. The van der Waals surface area contributed by atoms with Crippen LogP contribution in [0.5, 0.6) is 0 Å². The van der Waals surface area contributed by atoms with Gasteiger partial charge in [0.2, 0.25) is 0 Å². The van der Waals surface area contributed by atoms with Crippen molar-refractivity contribution in [2.75, 3.05) is 11.9 Å². The van der Waals surface area contributed by atoms with Crippen molar-refractivity contribution >= 4 is 22.6 Å². The van der Waals surface area contributed by atoms with Crippen molar-refractivity contribution in [1.29, 1.82) is 0 Å². The summed E-state index contributed by atoms with van der Waals surface area (Å²) < 4.78 is 0. The molecule has 0 aliphatic heterocycles. The lowest BCUT2D eigenvalue weighted by atomic mass is 9.92. The largest absolute Gasteiger partial charge is 0.361 e. The third-order valence-electron chi connectivity index (χ3n) is 5.18. The number of carbonyl (C=O) groups is 1. The Hall–Kier alpha value is -3.60. The van der Waals surface area contributed by atoms with Crippen LogP contribution in [0.25, 0.3) is 10.9 Å². The lowest BCUT2D eigenvalue weighted by molar-refractivity contribution is 0.252. The van der Waals surface area contributed by atoms with Crippen molar-refractivity contribution in [3.63, 3.8) is 0 Å². The van der Waals surface area contributed by atoms with Gasteiger partial charge in [-0.1, -0.05) is 42.0 Å². The number of para-hydroxylation sites is 1. The quantitative estimate of drug-likeness (QED) is 0.446. The van der Waals surface area contributed by atoms with Crippen molar-refractivity contribution in [3.8, 4) is 0 Å². The van der Waals surface area contributed by atoms with Crippen LogP contribution in [-0.4, -0.2) is 22.5 Å². The van der Waals surface area contributed by atoms with Gasteiger partial charge in [-0.3, -0.25) is 4.98 Å². The molecule has 29 heavy (non-hydrogen) atoms. The minimum atomic E-state index is -0.217. The van der Waals surface area contributed by atoms with Crippen LogP contribution in [0.15, 0.2) is 73.2 Å². The number of benzene rings is 2. The van der Waals surface area contributed by atoms with Crippen LogP contribution >= 0.6 is 0 Å². The maximum atomic E-state index is 12.6. The summed E-state index contributed by atoms with van der Waals surface area (Å²) in [5.41, 5.74) is 6.31. The Bertz CT molecular complexity index is 1130. The zero-order valence-corrected chi connectivity index (χ0v) is 16.6. The van der Waals surface area contributed by atoms with E-state index in [0.717, 1.165) is 33.3 Å². The summed E-state index contributed by atoms with van der Waals surface area (Å²) in [6.07, 6.45) is 5.64. The fourth-order valence-electron chi connectivity index (χ4n) is 3.69. The molecule has 2 amide bonds. The number of fused-ring (bicyclic) bond motifs is 1. The predicted molar refractivity (Wildman–Crippen MR) is 117 cm³/mol. The molecule has 2 aromatic heterocycles. The maximum Gasteiger partial charge on any atom is 0.319 e. The summed E-state index contributed by atoms with van der Waals surface area (Å²) in [6.45, 7) is 4.49. The van der Waals surface area contributed by atoms with E-state index in [2.05, 4.69) is 38.8 Å². The van der Waals surface area contributed by atoms with Crippen LogP contribution in [0.4, 0.5) is 10.5 Å². The van der Waals surface area contributed by atoms with E-state index in [1.165, 1.54) is 5.56 Å². The number of amides is 2. The topological polar surface area (TPSA) is 69.8 Å². The molecule has 0 radical (unpaired) electrons. The molecule has 4 rings (SSSR count). The van der Waals surface area contributed by atoms with Gasteiger partial charge in [-0.25, -0.2) is 4.79 Å². The number of anilines is 1. The van der Waals surface area contributed by atoms with E-state index in [-0.39, 0.29) is 11.9 Å². The van der Waals surface area contributed by atoms with Gasteiger partial charge in [-0.2, -0.15) is 0 Å². The first-order valence-electron chi connectivity index (χ1n) is 9.70. The Morgan fingerprint density at radius 3 is 2.76 bits per heavy atom. The Morgan fingerprint density at radius 1 is 1.10 bits per heavy atom. The Morgan fingerprint density at radius 2 is 1.97 bits per heavy atom. The van der Waals surface area contributed by atoms with Crippen molar-refractivity contribution in [2.24, 2.45) is 0 Å². The summed E-state index contributed by atoms with van der Waals surface area (Å²) in [5.74, 6) is -0.00952. The lowest BCUT2D eigenvalue weighted by Crippen LogP contribution is -2.33. The monoisotopic (exact) mass is 384 g/mol. The van der Waals surface area contributed by atoms with Gasteiger partial charge >= 0.3 is 6.03 Å². The van der Waals surface area contributed by atoms with Crippen LogP contribution in [-0.2, 0) is 0 Å². The second-order valence-corrected chi connectivity index (χ2v) is 7.28. The molecule has 0 saturated heterocycles. The Labute approximate surface area is 170 Å². The highest BCUT2D eigenvalue weighted by Crippen LogP contribution is 2.30. The number of hydrogen-bond donors (Lipinski definition) is 3. The van der Waals surface area contributed by atoms with E-state index in [9.17, 15) is 4.79 Å². The van der Waals surface area contributed by atoms with Crippen LogP contribution in [0.3, 0.4) is 0 Å². The SMILES string of the molecule is Cc1ccc(NC(=O)NC[C@H](c2cccnc2)c2c[nH]c3ccccc23)c(C)c1. The third kappa shape index (κ3) is 4.14. The van der Waals surface area contributed by atoms with Crippen molar-refractivity contribution in [2.45, 2.75) is 19.8 Å². The first-order valence-corrected chi connectivity index (χ1v) is 9.70. The van der Waals surface area contributed by atoms with Gasteiger partial charge in [-0.05, 0) is 48.7 Å². The molecule has 0 aliphatic rings. The minimum Gasteiger partial charge on any atom is -0.361 e. The zero-order valence-electron chi connectivity index (χ0n) is 16.6. The maximum absolute atomic E-state index is 12.6. The second-order valence-electron chi connectivity index (χ2n) is 7.28.